The number of aromatic hydroxyl groups is 1. The van der Waals surface area contributed by atoms with Crippen LogP contribution in [0.2, 0.25) is 0 Å². The van der Waals surface area contributed by atoms with Crippen molar-refractivity contribution in [1.82, 2.24) is 14.8 Å². The van der Waals surface area contributed by atoms with E-state index in [1.165, 1.54) is 24.4 Å². The third-order valence-corrected chi connectivity index (χ3v) is 4.73. The molecule has 3 aromatic rings. The number of nitrogens with zero attached hydrogens (tertiary/aromatic N) is 3. The molecule has 2 heterocycles. The predicted octanol–water partition coefficient (Wildman–Crippen LogP) is 3.63. The highest BCUT2D eigenvalue weighted by molar-refractivity contribution is 6.04. The van der Waals surface area contributed by atoms with Gasteiger partial charge >= 0.3 is 0 Å². The van der Waals surface area contributed by atoms with Crippen LogP contribution in [0, 0.1) is 5.82 Å². The van der Waals surface area contributed by atoms with Gasteiger partial charge in [0.25, 0.3) is 5.91 Å². The van der Waals surface area contributed by atoms with E-state index in [9.17, 15) is 14.3 Å². The van der Waals surface area contributed by atoms with Crippen molar-refractivity contribution in [2.45, 2.75) is 32.1 Å². The number of benzene rings is 1. The largest absolute Gasteiger partial charge is 0.504 e. The molecule has 6 nitrogen and oxygen atoms in total. The van der Waals surface area contributed by atoms with Gasteiger partial charge in [0.15, 0.2) is 17.3 Å². The Labute approximate surface area is 155 Å². The quantitative estimate of drug-likeness (QED) is 0.694. The van der Waals surface area contributed by atoms with Crippen molar-refractivity contribution in [2.75, 3.05) is 5.32 Å². The highest BCUT2D eigenvalue weighted by atomic mass is 19.1. The molecular formula is C20H19FN4O2. The summed E-state index contributed by atoms with van der Waals surface area (Å²) in [5, 5.41) is 17.0. The average molecular weight is 366 g/mol. The van der Waals surface area contributed by atoms with Gasteiger partial charge in [-0.05, 0) is 62.1 Å². The molecule has 0 atom stereocenters. The number of halogens is 1. The lowest BCUT2D eigenvalue weighted by Crippen LogP contribution is -2.16. The van der Waals surface area contributed by atoms with Crippen molar-refractivity contribution in [3.8, 4) is 11.4 Å². The topological polar surface area (TPSA) is 80.0 Å². The summed E-state index contributed by atoms with van der Waals surface area (Å²) in [5.74, 6) is -0.736. The molecule has 7 heteroatoms. The fourth-order valence-corrected chi connectivity index (χ4v) is 3.41. The van der Waals surface area contributed by atoms with E-state index < -0.39 is 5.91 Å². The molecule has 0 bridgehead atoms. The zero-order valence-electron chi connectivity index (χ0n) is 14.7. The van der Waals surface area contributed by atoms with Gasteiger partial charge in [0.2, 0.25) is 0 Å². The highest BCUT2D eigenvalue weighted by Crippen LogP contribution is 2.28. The second kappa shape index (κ2) is 7.19. The van der Waals surface area contributed by atoms with Gasteiger partial charge in [0.05, 0.1) is 5.69 Å². The Kier molecular flexibility index (Phi) is 4.58. The van der Waals surface area contributed by atoms with Gasteiger partial charge in [-0.2, -0.15) is 5.10 Å². The van der Waals surface area contributed by atoms with Crippen LogP contribution in [0.3, 0.4) is 0 Å². The number of fused-ring (bicyclic) bond motifs is 1. The average Bonchev–Trinajstić information content (AvgIpc) is 2.86. The first-order chi connectivity index (χ1) is 13.1. The maximum Gasteiger partial charge on any atom is 0.277 e. The molecule has 1 aliphatic carbocycles. The molecule has 2 aromatic heterocycles. The Morgan fingerprint density at radius 2 is 1.89 bits per heavy atom. The molecular weight excluding hydrogens is 347 g/mol. The van der Waals surface area contributed by atoms with Crippen molar-refractivity contribution < 1.29 is 14.3 Å². The summed E-state index contributed by atoms with van der Waals surface area (Å²) in [6.07, 6.45) is 6.14. The number of anilines is 1. The Hall–Kier alpha value is -3.22. The Morgan fingerprint density at radius 1 is 1.11 bits per heavy atom. The van der Waals surface area contributed by atoms with Crippen LogP contribution < -0.4 is 5.32 Å². The number of amides is 1. The first-order valence-electron chi connectivity index (χ1n) is 8.95. The molecule has 0 fully saturated rings. The summed E-state index contributed by atoms with van der Waals surface area (Å²) in [7, 11) is 0. The summed E-state index contributed by atoms with van der Waals surface area (Å²) in [6.45, 7) is 0. The van der Waals surface area contributed by atoms with E-state index >= 15 is 0 Å². The second-order valence-corrected chi connectivity index (χ2v) is 6.55. The SMILES string of the molecule is O=C(Nc1ncccc1O)c1nn(-c2ccc(F)cc2)c2c1CCCCC2. The maximum absolute atomic E-state index is 13.3. The summed E-state index contributed by atoms with van der Waals surface area (Å²) >= 11 is 0. The number of rotatable bonds is 3. The lowest BCUT2D eigenvalue weighted by Gasteiger charge is -2.07. The molecule has 0 unspecified atom stereocenters. The van der Waals surface area contributed by atoms with E-state index in [0.29, 0.717) is 11.4 Å². The van der Waals surface area contributed by atoms with Crippen LogP contribution in [0.15, 0.2) is 42.6 Å². The fourth-order valence-electron chi connectivity index (χ4n) is 3.41. The molecule has 138 valence electrons. The van der Waals surface area contributed by atoms with Crippen LogP contribution in [0.4, 0.5) is 10.2 Å². The smallest absolute Gasteiger partial charge is 0.277 e. The van der Waals surface area contributed by atoms with Crippen LogP contribution in [0.5, 0.6) is 5.75 Å². The minimum atomic E-state index is -0.414. The van der Waals surface area contributed by atoms with Crippen molar-refractivity contribution in [3.05, 3.63) is 65.4 Å². The van der Waals surface area contributed by atoms with Crippen molar-refractivity contribution in [2.24, 2.45) is 0 Å². The minimum absolute atomic E-state index is 0.0983. The van der Waals surface area contributed by atoms with Crippen LogP contribution in [0.1, 0.15) is 41.0 Å². The summed E-state index contributed by atoms with van der Waals surface area (Å²) in [5.41, 5.74) is 2.93. The Bertz CT molecular complexity index is 982. The van der Waals surface area contributed by atoms with E-state index in [1.807, 2.05) is 0 Å². The number of carbonyl (C=O) groups is 1. The summed E-state index contributed by atoms with van der Waals surface area (Å²) < 4.78 is 15.0. The Balaban J connectivity index is 1.75. The predicted molar refractivity (Wildman–Crippen MR) is 98.6 cm³/mol. The molecule has 27 heavy (non-hydrogen) atoms. The van der Waals surface area contributed by atoms with Gasteiger partial charge in [-0.3, -0.25) is 4.79 Å². The van der Waals surface area contributed by atoms with E-state index in [4.69, 9.17) is 0 Å². The Morgan fingerprint density at radius 3 is 2.67 bits per heavy atom. The minimum Gasteiger partial charge on any atom is -0.504 e. The van der Waals surface area contributed by atoms with Crippen LogP contribution in [0.25, 0.3) is 5.69 Å². The highest BCUT2D eigenvalue weighted by Gasteiger charge is 2.25. The molecule has 1 aliphatic rings. The number of aromatic nitrogens is 3. The van der Waals surface area contributed by atoms with Crippen LogP contribution >= 0.6 is 0 Å². The molecule has 0 saturated heterocycles. The van der Waals surface area contributed by atoms with Crippen molar-refractivity contribution >= 4 is 11.7 Å². The number of nitrogens with one attached hydrogen (secondary N) is 1. The van der Waals surface area contributed by atoms with Gasteiger partial charge in [0, 0.05) is 17.5 Å². The van der Waals surface area contributed by atoms with Crippen LogP contribution in [-0.2, 0) is 12.8 Å². The molecule has 0 spiro atoms. The fraction of sp³-hybridized carbons (Fsp3) is 0.250. The number of carbonyl (C=O) groups excluding carboxylic acids is 1. The van der Waals surface area contributed by atoms with Crippen molar-refractivity contribution in [3.63, 3.8) is 0 Å². The standard InChI is InChI=1S/C20H19FN4O2/c21-13-8-10-14(11-9-13)25-16-6-3-1-2-5-15(16)18(24-25)20(27)23-19-17(26)7-4-12-22-19/h4,7-12,26H,1-3,5-6H2,(H,22,23,27). The lowest BCUT2D eigenvalue weighted by molar-refractivity contribution is 0.102. The molecule has 4 rings (SSSR count). The van der Waals surface area contributed by atoms with Gasteiger partial charge in [-0.25, -0.2) is 14.1 Å². The molecule has 0 radical (unpaired) electrons. The normalized spacial score (nSPS) is 13.7. The zero-order valence-corrected chi connectivity index (χ0v) is 14.7. The number of hydrogen-bond acceptors (Lipinski definition) is 4. The molecule has 1 amide bonds. The van der Waals surface area contributed by atoms with Gasteiger partial charge < -0.3 is 10.4 Å². The van der Waals surface area contributed by atoms with E-state index in [2.05, 4.69) is 15.4 Å². The second-order valence-electron chi connectivity index (χ2n) is 6.55. The molecule has 1 aromatic carbocycles. The van der Waals surface area contributed by atoms with E-state index in [1.54, 1.807) is 22.9 Å². The number of hydrogen-bond donors (Lipinski definition) is 2. The monoisotopic (exact) mass is 366 g/mol. The molecule has 2 N–H and O–H groups in total. The maximum atomic E-state index is 13.3. The molecule has 0 saturated carbocycles. The third kappa shape index (κ3) is 3.40. The van der Waals surface area contributed by atoms with Crippen molar-refractivity contribution in [1.29, 1.82) is 0 Å². The third-order valence-electron chi connectivity index (χ3n) is 4.73. The number of pyridine rings is 1. The van der Waals surface area contributed by atoms with Crippen LogP contribution in [-0.4, -0.2) is 25.8 Å². The van der Waals surface area contributed by atoms with Gasteiger partial charge in [-0.15, -0.1) is 0 Å². The summed E-state index contributed by atoms with van der Waals surface area (Å²) in [4.78, 5) is 16.8. The lowest BCUT2D eigenvalue weighted by atomic mass is 10.1. The zero-order chi connectivity index (χ0) is 18.8. The van der Waals surface area contributed by atoms with Gasteiger partial charge in [0.1, 0.15) is 5.82 Å². The van der Waals surface area contributed by atoms with Gasteiger partial charge in [-0.1, -0.05) is 6.42 Å². The van der Waals surface area contributed by atoms with E-state index in [0.717, 1.165) is 43.4 Å². The molecule has 0 aliphatic heterocycles. The first kappa shape index (κ1) is 17.2. The summed E-state index contributed by atoms with van der Waals surface area (Å²) in [6, 6.07) is 9.11. The van der Waals surface area contributed by atoms with E-state index in [-0.39, 0.29) is 17.4 Å². The first-order valence-corrected chi connectivity index (χ1v) is 8.95.